The predicted octanol–water partition coefficient (Wildman–Crippen LogP) is 1.89. The normalized spacial score (nSPS) is 13.7. The molecular formula is C19H22N4O3. The number of ether oxygens (including phenoxy) is 1. The molecular weight excluding hydrogens is 332 g/mol. The van der Waals surface area contributed by atoms with Crippen molar-refractivity contribution < 1.29 is 14.3 Å². The lowest BCUT2D eigenvalue weighted by Gasteiger charge is -2.15. The molecule has 0 radical (unpaired) electrons. The predicted molar refractivity (Wildman–Crippen MR) is 96.8 cm³/mol. The summed E-state index contributed by atoms with van der Waals surface area (Å²) in [5, 5.41) is 2.89. The third-order valence-corrected chi connectivity index (χ3v) is 4.33. The SMILES string of the molecule is COc1ccc(-c2cc(C(=O)NCCCN3CCCC3=O)ccn2)cn1. The van der Waals surface area contributed by atoms with E-state index in [-0.39, 0.29) is 11.8 Å². The average molecular weight is 354 g/mol. The smallest absolute Gasteiger partial charge is 0.251 e. The lowest BCUT2D eigenvalue weighted by atomic mass is 10.1. The van der Waals surface area contributed by atoms with Gasteiger partial charge in [0.05, 0.1) is 12.8 Å². The molecule has 1 aliphatic rings. The molecule has 26 heavy (non-hydrogen) atoms. The third-order valence-electron chi connectivity index (χ3n) is 4.33. The van der Waals surface area contributed by atoms with Crippen molar-refractivity contribution in [1.82, 2.24) is 20.2 Å². The number of pyridine rings is 2. The van der Waals surface area contributed by atoms with Crippen molar-refractivity contribution in [2.45, 2.75) is 19.3 Å². The van der Waals surface area contributed by atoms with Gasteiger partial charge in [0.2, 0.25) is 11.8 Å². The molecule has 0 unspecified atom stereocenters. The number of nitrogens with one attached hydrogen (secondary N) is 1. The number of carbonyl (C=O) groups excluding carboxylic acids is 2. The minimum absolute atomic E-state index is 0.150. The van der Waals surface area contributed by atoms with Gasteiger partial charge in [-0.1, -0.05) is 0 Å². The van der Waals surface area contributed by atoms with Gasteiger partial charge in [-0.25, -0.2) is 4.98 Å². The van der Waals surface area contributed by atoms with E-state index in [4.69, 9.17) is 4.74 Å². The Balaban J connectivity index is 1.54. The van der Waals surface area contributed by atoms with E-state index in [9.17, 15) is 9.59 Å². The maximum atomic E-state index is 12.3. The lowest BCUT2D eigenvalue weighted by molar-refractivity contribution is -0.127. The monoisotopic (exact) mass is 354 g/mol. The molecule has 7 heteroatoms. The molecule has 0 aliphatic carbocycles. The van der Waals surface area contributed by atoms with E-state index < -0.39 is 0 Å². The van der Waals surface area contributed by atoms with Crippen LogP contribution in [-0.4, -0.2) is 53.4 Å². The molecule has 3 rings (SSSR count). The molecule has 0 aromatic carbocycles. The zero-order valence-corrected chi connectivity index (χ0v) is 14.8. The number of hydrogen-bond donors (Lipinski definition) is 1. The van der Waals surface area contributed by atoms with Crippen LogP contribution in [0.1, 0.15) is 29.6 Å². The molecule has 3 heterocycles. The lowest BCUT2D eigenvalue weighted by Crippen LogP contribution is -2.30. The summed E-state index contributed by atoms with van der Waals surface area (Å²) in [6, 6.07) is 7.02. The topological polar surface area (TPSA) is 84.4 Å². The first-order valence-electron chi connectivity index (χ1n) is 8.70. The van der Waals surface area contributed by atoms with Gasteiger partial charge in [-0.15, -0.1) is 0 Å². The van der Waals surface area contributed by atoms with Crippen molar-refractivity contribution in [2.24, 2.45) is 0 Å². The quantitative estimate of drug-likeness (QED) is 0.768. The highest BCUT2D eigenvalue weighted by Gasteiger charge is 2.19. The van der Waals surface area contributed by atoms with Crippen molar-refractivity contribution in [3.8, 4) is 17.1 Å². The Labute approximate surface area is 152 Å². The van der Waals surface area contributed by atoms with E-state index in [1.165, 1.54) is 0 Å². The minimum atomic E-state index is -0.150. The zero-order valence-electron chi connectivity index (χ0n) is 14.8. The van der Waals surface area contributed by atoms with Crippen LogP contribution in [0.5, 0.6) is 5.88 Å². The van der Waals surface area contributed by atoms with Crippen LogP contribution in [0.15, 0.2) is 36.7 Å². The Bertz CT molecular complexity index is 777. The van der Waals surface area contributed by atoms with Crippen LogP contribution in [0.25, 0.3) is 11.3 Å². The van der Waals surface area contributed by atoms with Gasteiger partial charge in [-0.3, -0.25) is 14.6 Å². The Kier molecular flexibility index (Phi) is 5.78. The molecule has 0 atom stereocenters. The Morgan fingerprint density at radius 2 is 2.19 bits per heavy atom. The molecule has 1 aliphatic heterocycles. The highest BCUT2D eigenvalue weighted by molar-refractivity contribution is 5.95. The number of rotatable bonds is 7. The van der Waals surface area contributed by atoms with Crippen molar-refractivity contribution >= 4 is 11.8 Å². The summed E-state index contributed by atoms with van der Waals surface area (Å²) in [4.78, 5) is 34.2. The van der Waals surface area contributed by atoms with Crippen molar-refractivity contribution in [3.05, 3.63) is 42.2 Å². The molecule has 2 amide bonds. The second kappa shape index (κ2) is 8.42. The van der Waals surface area contributed by atoms with Gasteiger partial charge in [-0.2, -0.15) is 0 Å². The van der Waals surface area contributed by atoms with E-state index in [0.717, 1.165) is 24.9 Å². The van der Waals surface area contributed by atoms with Gasteiger partial charge in [0.15, 0.2) is 0 Å². The fraction of sp³-hybridized carbons (Fsp3) is 0.368. The number of aromatic nitrogens is 2. The van der Waals surface area contributed by atoms with Crippen LogP contribution in [0.2, 0.25) is 0 Å². The summed E-state index contributed by atoms with van der Waals surface area (Å²) in [7, 11) is 1.56. The standard InChI is InChI=1S/C19H22N4O3/c1-26-17-6-5-15(13-22-17)16-12-14(7-9-20-16)19(25)21-8-3-11-23-10-2-4-18(23)24/h5-7,9,12-13H,2-4,8,10-11H2,1H3,(H,21,25). The fourth-order valence-electron chi connectivity index (χ4n) is 2.90. The summed E-state index contributed by atoms with van der Waals surface area (Å²) in [5.74, 6) is 0.588. The summed E-state index contributed by atoms with van der Waals surface area (Å²) in [6.45, 7) is 2.05. The van der Waals surface area contributed by atoms with Crippen LogP contribution in [0.3, 0.4) is 0 Å². The number of nitrogens with zero attached hydrogens (tertiary/aromatic N) is 3. The van der Waals surface area contributed by atoms with Crippen molar-refractivity contribution in [2.75, 3.05) is 26.7 Å². The van der Waals surface area contributed by atoms with Crippen LogP contribution in [0, 0.1) is 0 Å². The largest absolute Gasteiger partial charge is 0.481 e. The first-order chi connectivity index (χ1) is 12.7. The van der Waals surface area contributed by atoms with Crippen LogP contribution in [-0.2, 0) is 4.79 Å². The maximum Gasteiger partial charge on any atom is 0.251 e. The number of hydrogen-bond acceptors (Lipinski definition) is 5. The molecule has 0 bridgehead atoms. The second-order valence-electron chi connectivity index (χ2n) is 6.11. The minimum Gasteiger partial charge on any atom is -0.481 e. The Morgan fingerprint density at radius 3 is 2.88 bits per heavy atom. The van der Waals surface area contributed by atoms with Gasteiger partial charge in [0.25, 0.3) is 5.91 Å². The molecule has 1 fully saturated rings. The molecule has 0 saturated carbocycles. The number of likely N-dealkylation sites (tertiary alicyclic amines) is 1. The summed E-state index contributed by atoms with van der Waals surface area (Å²) in [5.41, 5.74) is 2.03. The molecule has 1 saturated heterocycles. The number of methoxy groups -OCH3 is 1. The van der Waals surface area contributed by atoms with Gasteiger partial charge in [0, 0.05) is 55.6 Å². The number of amides is 2. The summed E-state index contributed by atoms with van der Waals surface area (Å²) >= 11 is 0. The van der Waals surface area contributed by atoms with Crippen molar-refractivity contribution in [1.29, 1.82) is 0 Å². The third kappa shape index (κ3) is 4.36. The van der Waals surface area contributed by atoms with E-state index in [1.54, 1.807) is 37.7 Å². The molecule has 136 valence electrons. The molecule has 2 aromatic heterocycles. The van der Waals surface area contributed by atoms with E-state index in [1.807, 2.05) is 11.0 Å². The molecule has 2 aromatic rings. The second-order valence-corrected chi connectivity index (χ2v) is 6.11. The maximum absolute atomic E-state index is 12.3. The van der Waals surface area contributed by atoms with Gasteiger partial charge < -0.3 is 15.0 Å². The molecule has 7 nitrogen and oxygen atoms in total. The summed E-state index contributed by atoms with van der Waals surface area (Å²) < 4.78 is 5.05. The van der Waals surface area contributed by atoms with Crippen LogP contribution < -0.4 is 10.1 Å². The van der Waals surface area contributed by atoms with Crippen molar-refractivity contribution in [3.63, 3.8) is 0 Å². The fourth-order valence-corrected chi connectivity index (χ4v) is 2.90. The first kappa shape index (κ1) is 17.8. The van der Waals surface area contributed by atoms with Gasteiger partial charge >= 0.3 is 0 Å². The highest BCUT2D eigenvalue weighted by atomic mass is 16.5. The van der Waals surface area contributed by atoms with Gasteiger partial charge in [-0.05, 0) is 31.0 Å². The van der Waals surface area contributed by atoms with Crippen LogP contribution in [0.4, 0.5) is 0 Å². The Morgan fingerprint density at radius 1 is 1.31 bits per heavy atom. The zero-order chi connectivity index (χ0) is 18.4. The van der Waals surface area contributed by atoms with E-state index in [2.05, 4.69) is 15.3 Å². The molecule has 0 spiro atoms. The average Bonchev–Trinajstić information content (AvgIpc) is 3.10. The number of carbonyl (C=O) groups is 2. The summed E-state index contributed by atoms with van der Waals surface area (Å²) in [6.07, 6.45) is 5.60. The molecule has 1 N–H and O–H groups in total. The Hall–Kier alpha value is -2.96. The van der Waals surface area contributed by atoms with E-state index in [0.29, 0.717) is 36.6 Å². The van der Waals surface area contributed by atoms with Gasteiger partial charge in [0.1, 0.15) is 0 Å². The first-order valence-corrected chi connectivity index (χ1v) is 8.70. The van der Waals surface area contributed by atoms with E-state index >= 15 is 0 Å². The highest BCUT2D eigenvalue weighted by Crippen LogP contribution is 2.19. The van der Waals surface area contributed by atoms with Crippen LogP contribution >= 0.6 is 0 Å².